The van der Waals surface area contributed by atoms with E-state index in [0.29, 0.717) is 47.5 Å². The Labute approximate surface area is 540 Å². The molecule has 10 rings (SSSR count). The molecule has 0 saturated carbocycles. The first-order chi connectivity index (χ1) is 44.6. The number of amides is 10. The lowest BCUT2D eigenvalue weighted by Gasteiger charge is -2.35. The molecular weight excluding hydrogens is 1210 g/mol. The molecule has 26 heteroatoms. The number of methoxy groups -OCH3 is 1. The quantitative estimate of drug-likeness (QED) is 0.0777. The molecule has 4 aliphatic rings. The Morgan fingerprint density at radius 3 is 2.00 bits per heavy atom. The number of hydrogen-bond acceptors (Lipinski definition) is 12. The molecule has 4 aromatic carbocycles. The van der Waals surface area contributed by atoms with Gasteiger partial charge in [0.1, 0.15) is 66.1 Å². The molecule has 6 heterocycles. The monoisotopic (exact) mass is 1300 g/mol. The van der Waals surface area contributed by atoms with E-state index in [0.717, 1.165) is 43.1 Å². The number of ether oxygens (including phenoxy) is 2. The van der Waals surface area contributed by atoms with Crippen molar-refractivity contribution in [3.8, 4) is 11.5 Å². The van der Waals surface area contributed by atoms with E-state index in [-0.39, 0.29) is 70.7 Å². The predicted octanol–water partition coefficient (Wildman–Crippen LogP) is 2.43. The van der Waals surface area contributed by atoms with Gasteiger partial charge in [0, 0.05) is 85.8 Å². The molecule has 10 amide bonds. The molecule has 2 fully saturated rings. The van der Waals surface area contributed by atoms with Crippen LogP contribution in [0.5, 0.6) is 11.5 Å². The number of alkyl halides is 1. The summed E-state index contributed by atoms with van der Waals surface area (Å²) in [6, 6.07) is 17.6. The zero-order valence-electron chi connectivity index (χ0n) is 52.8. The molecule has 93 heavy (non-hydrogen) atoms. The molecule has 6 aromatic rings. The maximum atomic E-state index is 16.1. The molecular formula is C67H82FN12O12P. The largest absolute Gasteiger partial charge is 0.497 e. The first-order valence-electron chi connectivity index (χ1n) is 31.4. The van der Waals surface area contributed by atoms with E-state index in [2.05, 4.69) is 61.7 Å². The number of aromatic nitrogens is 2. The second-order valence-electron chi connectivity index (χ2n) is 24.2. The number of carbonyl (C=O) groups excluding carboxylic acids is 10. The summed E-state index contributed by atoms with van der Waals surface area (Å²) < 4.78 is 27.3. The number of carbonyl (C=O) groups is 10. The molecule has 2 bridgehead atoms. The minimum Gasteiger partial charge on any atom is -0.497 e. The molecule has 2 unspecified atom stereocenters. The second-order valence-corrected chi connectivity index (χ2v) is 24.9. The number of fused-ring (bicyclic) bond motifs is 32. The number of hydrogen-bond donors (Lipinski definition) is 10. The van der Waals surface area contributed by atoms with Crippen molar-refractivity contribution in [2.45, 2.75) is 140 Å². The number of aryl methyl sites for hydroxylation is 1. The van der Waals surface area contributed by atoms with Crippen molar-refractivity contribution in [3.63, 3.8) is 0 Å². The first-order valence-corrected chi connectivity index (χ1v) is 32.0. The van der Waals surface area contributed by atoms with Crippen molar-refractivity contribution in [2.75, 3.05) is 46.4 Å². The van der Waals surface area contributed by atoms with E-state index in [4.69, 9.17) is 9.47 Å². The van der Waals surface area contributed by atoms with E-state index in [1.807, 2.05) is 55.5 Å². The lowest BCUT2D eigenvalue weighted by atomic mass is 9.95. The van der Waals surface area contributed by atoms with Crippen molar-refractivity contribution in [2.24, 2.45) is 0 Å². The van der Waals surface area contributed by atoms with Gasteiger partial charge in [-0.1, -0.05) is 48.9 Å². The molecule has 10 N–H and O–H groups in total. The summed E-state index contributed by atoms with van der Waals surface area (Å²) in [6.07, 6.45) is 1.72. The van der Waals surface area contributed by atoms with Crippen LogP contribution in [0.4, 0.5) is 4.39 Å². The number of nitrogens with one attached hydrogen (secondary N) is 10. The van der Waals surface area contributed by atoms with E-state index in [9.17, 15) is 38.4 Å². The van der Waals surface area contributed by atoms with E-state index < -0.39 is 121 Å². The highest BCUT2D eigenvalue weighted by Gasteiger charge is 2.47. The number of halogens is 1. The highest BCUT2D eigenvalue weighted by molar-refractivity contribution is 7.27. The van der Waals surface area contributed by atoms with Gasteiger partial charge in [-0.05, 0) is 123 Å². The van der Waals surface area contributed by atoms with Crippen LogP contribution in [0.1, 0.15) is 87.1 Å². The fourth-order valence-electron chi connectivity index (χ4n) is 11.9. The molecule has 0 spiro atoms. The van der Waals surface area contributed by atoms with Gasteiger partial charge in [0.05, 0.1) is 26.7 Å². The van der Waals surface area contributed by atoms with Gasteiger partial charge < -0.3 is 71.8 Å². The topological polar surface area (TPSA) is 323 Å². The SMILES string of the molecule is CC[C@]1(C)NC(=O)[C@@H]2C[C@H](F)CN2C(=O)[C@H](Cc2c[nH]c3ccc(C)cc23)NC(=O)[C@H](Cc2c[nH]c3ccc(P)cc23)NC(=O)[C@@H](C)NC(=O)CNC(=O)CCC(=O)NCCOc2ccc(cc2)CCNC(=O)C2CCCN2C(=O)[C@H](Cc2ccc(OC)cc2)NC1=O. The Morgan fingerprint density at radius 1 is 0.656 bits per heavy atom. The van der Waals surface area contributed by atoms with Crippen molar-refractivity contribution < 1.29 is 61.8 Å². The van der Waals surface area contributed by atoms with E-state index >= 15 is 14.0 Å². The molecule has 24 nitrogen and oxygen atoms in total. The van der Waals surface area contributed by atoms with Crippen molar-refractivity contribution in [1.82, 2.24) is 62.3 Å². The number of rotatable bonds is 8. The standard InChI is InChI=1S/C67H82FN12O12P/c1-6-67(4)66(90)77-53(29-41-12-14-45(91-5)15-13-41)64(88)79-26-7-8-55(79)62(86)70-24-23-40-10-16-46(17-11-40)92-27-25-69-57(81)21-22-58(82)73-36-59(83)74-39(3)60(84)75-52(30-42-34-72-51-20-18-47(93)33-49(42)51)61(85)76-54(31-43-35-71-50-19-9-38(2)28-48(43)50)65(89)80-37-44(68)32-56(80)63(87)78-67/h9-20,28,33-35,39,44,52-56,71-72H,6-8,21-27,29-32,36-37,93H2,1-5H3,(H,69,81)(H,70,86)(H,73,82)(H,74,83)(H,75,84)(H,76,85)(H,77,90)(H,78,87)/t39-,44+,52+,53+,54+,55?,56+,67+/m1/s1. The van der Waals surface area contributed by atoms with Crippen LogP contribution in [-0.4, -0.2) is 173 Å². The molecule has 494 valence electrons. The maximum absolute atomic E-state index is 16.1. The normalized spacial score (nSPS) is 24.4. The fraction of sp³-hybridized carbons (Fsp3) is 0.433. The van der Waals surface area contributed by atoms with Crippen molar-refractivity contribution >= 4 is 95.4 Å². The van der Waals surface area contributed by atoms with E-state index in [1.165, 1.54) is 25.9 Å². The Balaban J connectivity index is 1.01. The van der Waals surface area contributed by atoms with Gasteiger partial charge in [0.2, 0.25) is 59.1 Å². The minimum absolute atomic E-state index is 0.0142. The van der Waals surface area contributed by atoms with Gasteiger partial charge in [-0.25, -0.2) is 4.39 Å². The van der Waals surface area contributed by atoms with Gasteiger partial charge >= 0.3 is 0 Å². The lowest BCUT2D eigenvalue weighted by Crippen LogP contribution is -2.64. The molecule has 2 aromatic heterocycles. The van der Waals surface area contributed by atoms with Crippen molar-refractivity contribution in [3.05, 3.63) is 125 Å². The minimum atomic E-state index is -1.76. The summed E-state index contributed by atoms with van der Waals surface area (Å²) in [6.45, 7) is 6.01. The van der Waals surface area contributed by atoms with Crippen LogP contribution in [0.2, 0.25) is 0 Å². The third-order valence-electron chi connectivity index (χ3n) is 17.4. The van der Waals surface area contributed by atoms with Crippen LogP contribution in [0.25, 0.3) is 21.8 Å². The lowest BCUT2D eigenvalue weighted by molar-refractivity contribution is -0.144. The summed E-state index contributed by atoms with van der Waals surface area (Å²) >= 11 is 0. The summed E-state index contributed by atoms with van der Waals surface area (Å²) in [5.74, 6) is -5.71. The molecule has 0 aliphatic carbocycles. The van der Waals surface area contributed by atoms with Gasteiger partial charge in [-0.2, -0.15) is 0 Å². The third kappa shape index (κ3) is 17.4. The van der Waals surface area contributed by atoms with Gasteiger partial charge in [0.15, 0.2) is 0 Å². The summed E-state index contributed by atoms with van der Waals surface area (Å²) in [5.41, 5.74) is 3.32. The Kier molecular flexibility index (Phi) is 22.5. The van der Waals surface area contributed by atoms with Crippen LogP contribution >= 0.6 is 9.24 Å². The number of benzene rings is 4. The number of nitrogens with zero attached hydrogens (tertiary/aromatic N) is 2. The summed E-state index contributed by atoms with van der Waals surface area (Å²) in [5, 5.41) is 24.3. The van der Waals surface area contributed by atoms with Crippen LogP contribution in [-0.2, 0) is 73.6 Å². The van der Waals surface area contributed by atoms with Crippen molar-refractivity contribution in [1.29, 1.82) is 0 Å². The molecule has 9 atom stereocenters. The highest BCUT2D eigenvalue weighted by Crippen LogP contribution is 2.28. The van der Waals surface area contributed by atoms with Gasteiger partial charge in [0.25, 0.3) is 0 Å². The van der Waals surface area contributed by atoms with E-state index in [1.54, 1.807) is 55.7 Å². The third-order valence-corrected chi connectivity index (χ3v) is 17.8. The fourth-order valence-corrected chi connectivity index (χ4v) is 12.2. The average Bonchev–Trinajstić information content (AvgIpc) is 1.77. The summed E-state index contributed by atoms with van der Waals surface area (Å²) in [4.78, 5) is 151. The maximum Gasteiger partial charge on any atom is 0.246 e. The Bertz CT molecular complexity index is 3750. The summed E-state index contributed by atoms with van der Waals surface area (Å²) in [7, 11) is 4.13. The smallest absolute Gasteiger partial charge is 0.246 e. The first kappa shape index (κ1) is 68.0. The molecule has 2 saturated heterocycles. The van der Waals surface area contributed by atoms with Crippen LogP contribution in [0.3, 0.4) is 0 Å². The van der Waals surface area contributed by atoms with Crippen LogP contribution in [0, 0.1) is 6.92 Å². The zero-order valence-corrected chi connectivity index (χ0v) is 54.0. The molecule has 0 radical (unpaired) electrons. The average molecular weight is 1300 g/mol. The van der Waals surface area contributed by atoms with Gasteiger partial charge in [-0.3, -0.25) is 47.9 Å². The Hall–Kier alpha value is -9.38. The zero-order chi connectivity index (χ0) is 66.5. The van der Waals surface area contributed by atoms with Gasteiger partial charge in [-0.15, -0.1) is 9.24 Å². The Morgan fingerprint density at radius 2 is 1.30 bits per heavy atom. The van der Waals surface area contributed by atoms with Crippen LogP contribution in [0.15, 0.2) is 97.3 Å². The second kappa shape index (κ2) is 30.8. The predicted molar refractivity (Wildman–Crippen MR) is 349 cm³/mol. The number of H-pyrrole nitrogens is 2. The number of aromatic amines is 2. The van der Waals surface area contributed by atoms with Crippen LogP contribution < -0.4 is 57.3 Å². The highest BCUT2D eigenvalue weighted by atomic mass is 31.0. The molecule has 4 aliphatic heterocycles.